The molecule has 9 heteroatoms. The van der Waals surface area contributed by atoms with Crippen molar-refractivity contribution in [1.82, 2.24) is 0 Å². The fourth-order valence-electron chi connectivity index (χ4n) is 2.97. The number of para-hydroxylation sites is 1. The van der Waals surface area contributed by atoms with Gasteiger partial charge in [0.05, 0.1) is 22.3 Å². The van der Waals surface area contributed by atoms with Gasteiger partial charge in [0.2, 0.25) is 0 Å². The molecule has 1 aromatic heterocycles. The largest absolute Gasteiger partial charge is 0.433 e. The molecule has 0 unspecified atom stereocenters. The maximum absolute atomic E-state index is 13.5. The highest BCUT2D eigenvalue weighted by atomic mass is 35.5. The Morgan fingerprint density at radius 3 is 2.67 bits per heavy atom. The fourth-order valence-corrected chi connectivity index (χ4v) is 3.22. The van der Waals surface area contributed by atoms with Crippen LogP contribution in [0.5, 0.6) is 0 Å². The molecule has 7 nitrogen and oxygen atoms in total. The van der Waals surface area contributed by atoms with Gasteiger partial charge in [-0.3, -0.25) is 19.8 Å². The molecule has 2 heterocycles. The number of nitrogens with zero attached hydrogens (tertiary/aromatic N) is 2. The third-order valence-corrected chi connectivity index (χ3v) is 4.46. The zero-order chi connectivity index (χ0) is 19.1. The minimum Gasteiger partial charge on any atom is -0.402 e. The first kappa shape index (κ1) is 17.0. The van der Waals surface area contributed by atoms with Gasteiger partial charge in [-0.1, -0.05) is 23.7 Å². The van der Waals surface area contributed by atoms with Gasteiger partial charge in [-0.05, 0) is 36.4 Å². The summed E-state index contributed by atoms with van der Waals surface area (Å²) >= 11 is 6.16. The number of carbonyl (C=O) groups excluding carboxylic acids is 1. The number of hydrogen-bond donors (Lipinski definition) is 1. The van der Waals surface area contributed by atoms with E-state index in [4.69, 9.17) is 16.0 Å². The molecule has 0 fully saturated rings. The summed E-state index contributed by atoms with van der Waals surface area (Å²) in [5, 5.41) is 14.1. The second kappa shape index (κ2) is 6.40. The van der Waals surface area contributed by atoms with Gasteiger partial charge in [-0.15, -0.1) is 0 Å². The van der Waals surface area contributed by atoms with E-state index in [1.807, 2.05) is 0 Å². The van der Waals surface area contributed by atoms with E-state index in [0.717, 1.165) is 6.07 Å². The molecular formula is C18H11ClFN3O4. The molecule has 136 valence electrons. The van der Waals surface area contributed by atoms with Gasteiger partial charge in [0.15, 0.2) is 11.9 Å². The molecule has 0 saturated carbocycles. The van der Waals surface area contributed by atoms with Crippen LogP contribution in [-0.4, -0.2) is 10.8 Å². The molecule has 2 aromatic carbocycles. The summed E-state index contributed by atoms with van der Waals surface area (Å²) in [6, 6.07) is 13.0. The summed E-state index contributed by atoms with van der Waals surface area (Å²) < 4.78 is 18.8. The van der Waals surface area contributed by atoms with Crippen molar-refractivity contribution in [2.24, 2.45) is 0 Å². The molecule has 0 radical (unpaired) electrons. The molecule has 1 N–H and O–H groups in total. The number of halogens is 2. The molecular weight excluding hydrogens is 377 g/mol. The Morgan fingerprint density at radius 2 is 1.96 bits per heavy atom. The molecule has 1 aliphatic heterocycles. The lowest BCUT2D eigenvalue weighted by Crippen LogP contribution is -2.43. The summed E-state index contributed by atoms with van der Waals surface area (Å²) in [6.45, 7) is 0. The van der Waals surface area contributed by atoms with Crippen molar-refractivity contribution in [2.75, 3.05) is 10.2 Å². The Labute approximate surface area is 157 Å². The monoisotopic (exact) mass is 387 g/mol. The molecule has 3 aromatic rings. The van der Waals surface area contributed by atoms with Gasteiger partial charge in [0, 0.05) is 5.69 Å². The van der Waals surface area contributed by atoms with Crippen molar-refractivity contribution in [2.45, 2.75) is 6.17 Å². The SMILES string of the molecule is O=C1c2ccccc2N[C@@H](c2ccc([N+](=O)[O-])o2)N1c1ccc(F)cc1Cl. The van der Waals surface area contributed by atoms with E-state index in [2.05, 4.69) is 5.32 Å². The molecule has 0 spiro atoms. The van der Waals surface area contributed by atoms with Gasteiger partial charge >= 0.3 is 5.88 Å². The van der Waals surface area contributed by atoms with Crippen molar-refractivity contribution in [3.63, 3.8) is 0 Å². The molecule has 4 rings (SSSR count). The Bertz CT molecular complexity index is 1070. The molecule has 0 saturated heterocycles. The summed E-state index contributed by atoms with van der Waals surface area (Å²) in [6.07, 6.45) is -0.899. The average Bonchev–Trinajstić information content (AvgIpc) is 3.13. The first-order chi connectivity index (χ1) is 13.0. The van der Waals surface area contributed by atoms with Gasteiger partial charge in [0.25, 0.3) is 5.91 Å². The number of furan rings is 1. The van der Waals surface area contributed by atoms with Crippen molar-refractivity contribution < 1.29 is 18.5 Å². The molecule has 27 heavy (non-hydrogen) atoms. The summed E-state index contributed by atoms with van der Waals surface area (Å²) in [4.78, 5) is 24.7. The lowest BCUT2D eigenvalue weighted by Gasteiger charge is -2.37. The highest BCUT2D eigenvalue weighted by Gasteiger charge is 2.37. The van der Waals surface area contributed by atoms with E-state index in [9.17, 15) is 19.3 Å². The van der Waals surface area contributed by atoms with E-state index >= 15 is 0 Å². The Kier molecular flexibility index (Phi) is 4.04. The van der Waals surface area contributed by atoms with Crippen LogP contribution in [0, 0.1) is 15.9 Å². The number of nitrogens with one attached hydrogen (secondary N) is 1. The van der Waals surface area contributed by atoms with Crippen LogP contribution in [-0.2, 0) is 0 Å². The van der Waals surface area contributed by atoms with Gasteiger partial charge in [-0.2, -0.15) is 0 Å². The van der Waals surface area contributed by atoms with Gasteiger partial charge < -0.3 is 9.73 Å². The maximum atomic E-state index is 13.5. The van der Waals surface area contributed by atoms with Crippen LogP contribution in [0.1, 0.15) is 22.3 Å². The van der Waals surface area contributed by atoms with Gasteiger partial charge in [0.1, 0.15) is 10.7 Å². The van der Waals surface area contributed by atoms with E-state index in [1.165, 1.54) is 29.2 Å². The zero-order valence-corrected chi connectivity index (χ0v) is 14.3. The standard InChI is InChI=1S/C18H11ClFN3O4/c19-12-9-10(20)5-6-14(12)22-17(15-7-8-16(27-15)23(25)26)21-13-4-2-1-3-11(13)18(22)24/h1-9,17,21H/t17-/m1/s1. The highest BCUT2D eigenvalue weighted by Crippen LogP contribution is 2.40. The summed E-state index contributed by atoms with van der Waals surface area (Å²) in [7, 11) is 0. The number of nitro groups is 1. The number of hydrogen-bond acceptors (Lipinski definition) is 5. The lowest BCUT2D eigenvalue weighted by molar-refractivity contribution is -0.402. The van der Waals surface area contributed by atoms with E-state index in [-0.39, 0.29) is 16.5 Å². The highest BCUT2D eigenvalue weighted by molar-refractivity contribution is 6.34. The second-order valence-corrected chi connectivity index (χ2v) is 6.20. The lowest BCUT2D eigenvalue weighted by atomic mass is 10.1. The smallest absolute Gasteiger partial charge is 0.402 e. The number of rotatable bonds is 3. The predicted molar refractivity (Wildman–Crippen MR) is 96.4 cm³/mol. The fraction of sp³-hybridized carbons (Fsp3) is 0.0556. The quantitative estimate of drug-likeness (QED) is 0.517. The molecule has 1 amide bonds. The maximum Gasteiger partial charge on any atom is 0.433 e. The average molecular weight is 388 g/mol. The molecule has 1 atom stereocenters. The van der Waals surface area contributed by atoms with Gasteiger partial charge in [-0.25, -0.2) is 4.39 Å². The van der Waals surface area contributed by atoms with Crippen LogP contribution in [0.15, 0.2) is 59.0 Å². The van der Waals surface area contributed by atoms with Crippen LogP contribution in [0.25, 0.3) is 0 Å². The minimum absolute atomic E-state index is 0.0237. The van der Waals surface area contributed by atoms with Crippen molar-refractivity contribution in [3.05, 3.63) is 86.9 Å². The minimum atomic E-state index is -0.899. The number of amides is 1. The Morgan fingerprint density at radius 1 is 1.19 bits per heavy atom. The van der Waals surface area contributed by atoms with Crippen molar-refractivity contribution >= 4 is 34.8 Å². The molecule has 1 aliphatic rings. The zero-order valence-electron chi connectivity index (χ0n) is 13.6. The first-order valence-corrected chi connectivity index (χ1v) is 8.22. The number of fused-ring (bicyclic) bond motifs is 1. The second-order valence-electron chi connectivity index (χ2n) is 5.80. The van der Waals surface area contributed by atoms with Crippen LogP contribution in [0.3, 0.4) is 0 Å². The van der Waals surface area contributed by atoms with Crippen LogP contribution in [0.2, 0.25) is 5.02 Å². The Hall–Kier alpha value is -3.39. The normalized spacial score (nSPS) is 16.0. The number of carbonyl (C=O) groups is 1. The van der Waals surface area contributed by atoms with Crippen molar-refractivity contribution in [3.8, 4) is 0 Å². The topological polar surface area (TPSA) is 88.6 Å². The number of anilines is 2. The van der Waals surface area contributed by atoms with E-state index in [1.54, 1.807) is 24.3 Å². The number of benzene rings is 2. The summed E-state index contributed by atoms with van der Waals surface area (Å²) in [5.74, 6) is -1.26. The Balaban J connectivity index is 1.87. The predicted octanol–water partition coefficient (Wildman–Crippen LogP) is 4.75. The third-order valence-electron chi connectivity index (χ3n) is 4.16. The third kappa shape index (κ3) is 2.89. The summed E-state index contributed by atoms with van der Waals surface area (Å²) in [5.41, 5.74) is 1.17. The van der Waals surface area contributed by atoms with E-state index < -0.39 is 28.7 Å². The van der Waals surface area contributed by atoms with Crippen LogP contribution < -0.4 is 10.2 Å². The van der Waals surface area contributed by atoms with Crippen LogP contribution in [0.4, 0.5) is 21.6 Å². The van der Waals surface area contributed by atoms with Crippen molar-refractivity contribution in [1.29, 1.82) is 0 Å². The molecule has 0 aliphatic carbocycles. The van der Waals surface area contributed by atoms with E-state index in [0.29, 0.717) is 11.3 Å². The first-order valence-electron chi connectivity index (χ1n) is 7.84. The molecule has 0 bridgehead atoms. The van der Waals surface area contributed by atoms with Crippen LogP contribution >= 0.6 is 11.6 Å².